The number of carbonyl (C=O) groups is 1. The van der Waals surface area contributed by atoms with Crippen molar-refractivity contribution in [2.75, 3.05) is 6.61 Å². The van der Waals surface area contributed by atoms with Gasteiger partial charge in [0.05, 0.1) is 19.0 Å². The first-order valence-corrected chi connectivity index (χ1v) is 6.29. The molecule has 1 aromatic rings. The van der Waals surface area contributed by atoms with Crippen molar-refractivity contribution in [3.05, 3.63) is 47.7 Å². The van der Waals surface area contributed by atoms with E-state index in [1.165, 1.54) is 0 Å². The Balaban J connectivity index is 1.78. The van der Waals surface area contributed by atoms with Crippen molar-refractivity contribution < 1.29 is 14.3 Å². The van der Waals surface area contributed by atoms with Crippen molar-refractivity contribution in [3.63, 3.8) is 0 Å². The fraction of sp³-hybridized carbons (Fsp3) is 0.400. The molecular formula is C15H18O3. The summed E-state index contributed by atoms with van der Waals surface area (Å²) in [5.74, 6) is 0.894. The van der Waals surface area contributed by atoms with E-state index in [2.05, 4.69) is 0 Å². The van der Waals surface area contributed by atoms with Gasteiger partial charge in [-0.25, -0.2) is 0 Å². The molecule has 0 aromatic heterocycles. The maximum atomic E-state index is 11.5. The molecule has 1 aromatic carbocycles. The van der Waals surface area contributed by atoms with Crippen molar-refractivity contribution in [2.45, 2.75) is 32.5 Å². The van der Waals surface area contributed by atoms with Crippen LogP contribution in [-0.4, -0.2) is 18.5 Å². The molecule has 2 rings (SSSR count). The predicted molar refractivity (Wildman–Crippen MR) is 69.0 cm³/mol. The van der Waals surface area contributed by atoms with Gasteiger partial charge in [0.25, 0.3) is 0 Å². The van der Waals surface area contributed by atoms with Crippen LogP contribution in [0, 0.1) is 0 Å². The van der Waals surface area contributed by atoms with Gasteiger partial charge in [-0.05, 0) is 5.56 Å². The number of hydrogen-bond acceptors (Lipinski definition) is 3. The summed E-state index contributed by atoms with van der Waals surface area (Å²) in [4.78, 5) is 11.5. The molecule has 1 aliphatic heterocycles. The Morgan fingerprint density at radius 1 is 1.33 bits per heavy atom. The van der Waals surface area contributed by atoms with E-state index in [-0.39, 0.29) is 11.9 Å². The molecule has 0 aliphatic carbocycles. The molecule has 0 N–H and O–H groups in total. The third kappa shape index (κ3) is 3.70. The van der Waals surface area contributed by atoms with Crippen molar-refractivity contribution in [2.24, 2.45) is 0 Å². The van der Waals surface area contributed by atoms with Crippen LogP contribution >= 0.6 is 0 Å². The van der Waals surface area contributed by atoms with Crippen molar-refractivity contribution >= 4 is 5.78 Å². The van der Waals surface area contributed by atoms with Gasteiger partial charge in [0.15, 0.2) is 5.78 Å². The molecule has 0 fully saturated rings. The van der Waals surface area contributed by atoms with E-state index >= 15 is 0 Å². The van der Waals surface area contributed by atoms with Crippen LogP contribution in [0.2, 0.25) is 0 Å². The molecule has 0 bridgehead atoms. The fourth-order valence-corrected chi connectivity index (χ4v) is 1.91. The molecule has 3 heteroatoms. The summed E-state index contributed by atoms with van der Waals surface area (Å²) in [7, 11) is 0. The summed E-state index contributed by atoms with van der Waals surface area (Å²) in [6.07, 6.45) is 2.62. The van der Waals surface area contributed by atoms with Gasteiger partial charge >= 0.3 is 0 Å². The van der Waals surface area contributed by atoms with Crippen LogP contribution in [0.15, 0.2) is 42.2 Å². The standard InChI is InChI=1S/C15H18O3/c1-2-14-8-13(16)9-15(18-14)11-17-10-12-6-4-3-5-7-12/h3-8,15H,2,9-11H2,1H3/t15-/m1/s1. The van der Waals surface area contributed by atoms with Gasteiger partial charge in [0.1, 0.15) is 6.10 Å². The second-order valence-corrected chi connectivity index (χ2v) is 4.38. The highest BCUT2D eigenvalue weighted by Gasteiger charge is 2.20. The molecule has 0 saturated heterocycles. The Labute approximate surface area is 107 Å². The zero-order valence-corrected chi connectivity index (χ0v) is 10.6. The Morgan fingerprint density at radius 2 is 2.11 bits per heavy atom. The van der Waals surface area contributed by atoms with Crippen molar-refractivity contribution in [1.82, 2.24) is 0 Å². The predicted octanol–water partition coefficient (Wildman–Crippen LogP) is 2.86. The van der Waals surface area contributed by atoms with E-state index in [0.29, 0.717) is 19.6 Å². The molecule has 0 radical (unpaired) electrons. The topological polar surface area (TPSA) is 35.5 Å². The average molecular weight is 246 g/mol. The second kappa shape index (κ2) is 6.36. The minimum absolute atomic E-state index is 0.131. The summed E-state index contributed by atoms with van der Waals surface area (Å²) in [5.41, 5.74) is 1.13. The maximum absolute atomic E-state index is 11.5. The van der Waals surface area contributed by atoms with Crippen LogP contribution in [0.3, 0.4) is 0 Å². The molecule has 0 unspecified atom stereocenters. The lowest BCUT2D eigenvalue weighted by Crippen LogP contribution is -2.26. The lowest BCUT2D eigenvalue weighted by atomic mass is 10.1. The lowest BCUT2D eigenvalue weighted by molar-refractivity contribution is -0.120. The summed E-state index contributed by atoms with van der Waals surface area (Å²) < 4.78 is 11.3. The number of ketones is 1. The molecule has 1 atom stereocenters. The molecule has 18 heavy (non-hydrogen) atoms. The van der Waals surface area contributed by atoms with Crippen LogP contribution in [0.1, 0.15) is 25.3 Å². The molecule has 0 spiro atoms. The number of allylic oxidation sites excluding steroid dienone is 2. The first-order valence-electron chi connectivity index (χ1n) is 6.29. The lowest BCUT2D eigenvalue weighted by Gasteiger charge is -2.23. The summed E-state index contributed by atoms with van der Waals surface area (Å²) in [6, 6.07) is 9.98. The Morgan fingerprint density at radius 3 is 2.83 bits per heavy atom. The fourth-order valence-electron chi connectivity index (χ4n) is 1.91. The third-order valence-electron chi connectivity index (χ3n) is 2.83. The first-order chi connectivity index (χ1) is 8.78. The highest BCUT2D eigenvalue weighted by atomic mass is 16.5. The van der Waals surface area contributed by atoms with Gasteiger partial charge in [-0.2, -0.15) is 0 Å². The van der Waals surface area contributed by atoms with E-state index in [9.17, 15) is 4.79 Å². The number of ether oxygens (including phenoxy) is 2. The highest BCUT2D eigenvalue weighted by molar-refractivity contribution is 5.91. The van der Waals surface area contributed by atoms with E-state index in [4.69, 9.17) is 9.47 Å². The number of carbonyl (C=O) groups excluding carboxylic acids is 1. The van der Waals surface area contributed by atoms with E-state index in [1.807, 2.05) is 37.3 Å². The van der Waals surface area contributed by atoms with Crippen LogP contribution in [-0.2, 0) is 20.9 Å². The van der Waals surface area contributed by atoms with Crippen LogP contribution in [0.5, 0.6) is 0 Å². The van der Waals surface area contributed by atoms with Crippen LogP contribution in [0.25, 0.3) is 0 Å². The summed E-state index contributed by atoms with van der Waals surface area (Å²) in [5, 5.41) is 0. The van der Waals surface area contributed by atoms with Gasteiger partial charge < -0.3 is 9.47 Å². The molecular weight excluding hydrogens is 228 g/mol. The molecule has 96 valence electrons. The maximum Gasteiger partial charge on any atom is 0.162 e. The summed E-state index contributed by atoms with van der Waals surface area (Å²) >= 11 is 0. The van der Waals surface area contributed by atoms with Crippen molar-refractivity contribution in [3.8, 4) is 0 Å². The van der Waals surface area contributed by atoms with Gasteiger partial charge in [0.2, 0.25) is 0 Å². The zero-order chi connectivity index (χ0) is 12.8. The minimum Gasteiger partial charge on any atom is -0.492 e. The zero-order valence-electron chi connectivity index (χ0n) is 10.6. The highest BCUT2D eigenvalue weighted by Crippen LogP contribution is 2.17. The van der Waals surface area contributed by atoms with E-state index in [1.54, 1.807) is 6.08 Å². The number of benzene rings is 1. The largest absolute Gasteiger partial charge is 0.492 e. The van der Waals surface area contributed by atoms with E-state index in [0.717, 1.165) is 17.7 Å². The molecule has 0 amide bonds. The second-order valence-electron chi connectivity index (χ2n) is 4.38. The van der Waals surface area contributed by atoms with Gasteiger partial charge in [-0.3, -0.25) is 4.79 Å². The number of hydrogen-bond donors (Lipinski definition) is 0. The first kappa shape index (κ1) is 12.8. The normalized spacial score (nSPS) is 19.3. The van der Waals surface area contributed by atoms with Gasteiger partial charge in [-0.15, -0.1) is 0 Å². The van der Waals surface area contributed by atoms with E-state index < -0.39 is 0 Å². The Bertz CT molecular complexity index is 423. The number of rotatable bonds is 5. The molecule has 3 nitrogen and oxygen atoms in total. The average Bonchev–Trinajstić information content (AvgIpc) is 2.39. The van der Waals surface area contributed by atoms with Gasteiger partial charge in [-0.1, -0.05) is 37.3 Å². The summed E-state index contributed by atoms with van der Waals surface area (Å²) in [6.45, 7) is 2.99. The minimum atomic E-state index is -0.138. The molecule has 1 heterocycles. The quantitative estimate of drug-likeness (QED) is 0.801. The Kier molecular flexibility index (Phi) is 4.53. The molecule has 0 saturated carbocycles. The van der Waals surface area contributed by atoms with Crippen LogP contribution < -0.4 is 0 Å². The smallest absolute Gasteiger partial charge is 0.162 e. The Hall–Kier alpha value is -1.61. The van der Waals surface area contributed by atoms with Crippen LogP contribution in [0.4, 0.5) is 0 Å². The third-order valence-corrected chi connectivity index (χ3v) is 2.83. The molecule has 1 aliphatic rings. The van der Waals surface area contributed by atoms with Crippen molar-refractivity contribution in [1.29, 1.82) is 0 Å². The van der Waals surface area contributed by atoms with Gasteiger partial charge in [0, 0.05) is 18.9 Å². The monoisotopic (exact) mass is 246 g/mol. The SMILES string of the molecule is CCC1=CC(=O)C[C@H](COCc2ccccc2)O1.